The van der Waals surface area contributed by atoms with E-state index in [1.165, 1.54) is 12.1 Å². The zero-order chi connectivity index (χ0) is 10.8. The highest BCUT2D eigenvalue weighted by atomic mass is 19.1. The quantitative estimate of drug-likeness (QED) is 0.807. The summed E-state index contributed by atoms with van der Waals surface area (Å²) >= 11 is 0. The second-order valence-corrected chi connectivity index (χ2v) is 3.24. The van der Waals surface area contributed by atoms with Gasteiger partial charge in [-0.25, -0.2) is 9.37 Å². The zero-order valence-corrected chi connectivity index (χ0v) is 7.83. The van der Waals surface area contributed by atoms with Crippen molar-refractivity contribution in [3.63, 3.8) is 0 Å². The highest BCUT2D eigenvalue weighted by molar-refractivity contribution is 5.75. The minimum Gasteiger partial charge on any atom is -0.481 e. The predicted molar refractivity (Wildman–Crippen MR) is 52.0 cm³/mol. The molecule has 0 aliphatic carbocycles. The molecule has 0 atom stereocenters. The van der Waals surface area contributed by atoms with Crippen LogP contribution in [0.4, 0.5) is 4.39 Å². The molecule has 2 aromatic rings. The molecule has 0 fully saturated rings. The van der Waals surface area contributed by atoms with Crippen LogP contribution in [0, 0.1) is 5.82 Å². The minimum absolute atomic E-state index is 0.0162. The number of nitrogens with one attached hydrogen (secondary N) is 1. The molecule has 5 heteroatoms. The van der Waals surface area contributed by atoms with Crippen molar-refractivity contribution in [1.29, 1.82) is 0 Å². The van der Waals surface area contributed by atoms with E-state index in [1.807, 2.05) is 0 Å². The second-order valence-electron chi connectivity index (χ2n) is 3.24. The number of imidazole rings is 1. The predicted octanol–water partition coefficient (Wildman–Crippen LogP) is 1.72. The van der Waals surface area contributed by atoms with E-state index in [-0.39, 0.29) is 12.2 Å². The number of halogens is 1. The van der Waals surface area contributed by atoms with E-state index in [1.54, 1.807) is 6.07 Å². The Kier molecular flexibility index (Phi) is 2.37. The van der Waals surface area contributed by atoms with E-state index in [4.69, 9.17) is 5.11 Å². The monoisotopic (exact) mass is 208 g/mol. The fraction of sp³-hybridized carbons (Fsp3) is 0.200. The van der Waals surface area contributed by atoms with Crippen LogP contribution in [-0.2, 0) is 11.2 Å². The fourth-order valence-corrected chi connectivity index (χ4v) is 1.38. The van der Waals surface area contributed by atoms with Gasteiger partial charge in [-0.05, 0) is 18.2 Å². The van der Waals surface area contributed by atoms with Gasteiger partial charge in [0.1, 0.15) is 11.6 Å². The van der Waals surface area contributed by atoms with Crippen molar-refractivity contribution in [3.05, 3.63) is 29.8 Å². The summed E-state index contributed by atoms with van der Waals surface area (Å²) in [4.78, 5) is 17.4. The summed E-state index contributed by atoms with van der Waals surface area (Å²) in [5.41, 5.74) is 1.24. The number of H-pyrrole nitrogens is 1. The van der Waals surface area contributed by atoms with Crippen LogP contribution in [0.1, 0.15) is 12.2 Å². The first-order chi connectivity index (χ1) is 7.15. The Morgan fingerprint density at radius 2 is 2.33 bits per heavy atom. The van der Waals surface area contributed by atoms with Gasteiger partial charge < -0.3 is 10.1 Å². The van der Waals surface area contributed by atoms with E-state index in [0.717, 1.165) is 0 Å². The Bertz CT molecular complexity index is 507. The SMILES string of the molecule is O=C(O)CCc1nc2ccc(F)cc2[nH]1. The van der Waals surface area contributed by atoms with Crippen molar-refractivity contribution in [2.24, 2.45) is 0 Å². The Hall–Kier alpha value is -1.91. The maximum Gasteiger partial charge on any atom is 0.303 e. The van der Waals surface area contributed by atoms with Crippen LogP contribution in [0.5, 0.6) is 0 Å². The molecule has 0 unspecified atom stereocenters. The van der Waals surface area contributed by atoms with Crippen molar-refractivity contribution in [2.45, 2.75) is 12.8 Å². The van der Waals surface area contributed by atoms with Crippen LogP contribution < -0.4 is 0 Å². The Balaban J connectivity index is 2.27. The molecule has 0 saturated carbocycles. The minimum atomic E-state index is -0.873. The Morgan fingerprint density at radius 1 is 1.53 bits per heavy atom. The Labute approximate surface area is 84.8 Å². The van der Waals surface area contributed by atoms with Gasteiger partial charge in [-0.2, -0.15) is 0 Å². The molecule has 1 aromatic heterocycles. The number of hydrogen-bond acceptors (Lipinski definition) is 2. The summed E-state index contributed by atoms with van der Waals surface area (Å²) < 4.78 is 12.8. The van der Waals surface area contributed by atoms with Gasteiger partial charge in [0, 0.05) is 6.42 Å². The lowest BCUT2D eigenvalue weighted by Crippen LogP contribution is -1.98. The third-order valence-electron chi connectivity index (χ3n) is 2.07. The van der Waals surface area contributed by atoms with Crippen LogP contribution >= 0.6 is 0 Å². The van der Waals surface area contributed by atoms with E-state index < -0.39 is 5.97 Å². The lowest BCUT2D eigenvalue weighted by molar-refractivity contribution is -0.137. The van der Waals surface area contributed by atoms with E-state index >= 15 is 0 Å². The van der Waals surface area contributed by atoms with Gasteiger partial charge in [0.2, 0.25) is 0 Å². The van der Waals surface area contributed by atoms with Crippen molar-refractivity contribution >= 4 is 17.0 Å². The van der Waals surface area contributed by atoms with Crippen molar-refractivity contribution in [2.75, 3.05) is 0 Å². The topological polar surface area (TPSA) is 66.0 Å². The number of carbonyl (C=O) groups is 1. The van der Waals surface area contributed by atoms with Crippen molar-refractivity contribution in [1.82, 2.24) is 9.97 Å². The number of benzene rings is 1. The van der Waals surface area contributed by atoms with Crippen LogP contribution in [0.15, 0.2) is 18.2 Å². The van der Waals surface area contributed by atoms with Gasteiger partial charge >= 0.3 is 5.97 Å². The van der Waals surface area contributed by atoms with E-state index in [9.17, 15) is 9.18 Å². The number of aryl methyl sites for hydroxylation is 1. The maximum absolute atomic E-state index is 12.8. The standard InChI is InChI=1S/C10H9FN2O2/c11-6-1-2-7-8(5-6)13-9(12-7)3-4-10(14)15/h1-2,5H,3-4H2,(H,12,13)(H,14,15). The first-order valence-electron chi connectivity index (χ1n) is 4.51. The second kappa shape index (κ2) is 3.68. The molecule has 1 aromatic carbocycles. The highest BCUT2D eigenvalue weighted by Gasteiger charge is 2.05. The molecule has 0 bridgehead atoms. The summed E-state index contributed by atoms with van der Waals surface area (Å²) in [5.74, 6) is -0.643. The first-order valence-corrected chi connectivity index (χ1v) is 4.51. The number of aliphatic carboxylic acids is 1. The van der Waals surface area contributed by atoms with Crippen LogP contribution in [-0.4, -0.2) is 21.0 Å². The van der Waals surface area contributed by atoms with E-state index in [0.29, 0.717) is 23.3 Å². The molecule has 1 heterocycles. The molecule has 0 amide bonds. The summed E-state index contributed by atoms with van der Waals surface area (Å²) in [6.45, 7) is 0. The molecule has 2 N–H and O–H groups in total. The van der Waals surface area contributed by atoms with Gasteiger partial charge in [-0.15, -0.1) is 0 Å². The lowest BCUT2D eigenvalue weighted by Gasteiger charge is -1.90. The maximum atomic E-state index is 12.8. The number of nitrogens with zero attached hydrogens (tertiary/aromatic N) is 1. The number of aromatic nitrogens is 2. The van der Waals surface area contributed by atoms with Crippen LogP contribution in [0.3, 0.4) is 0 Å². The van der Waals surface area contributed by atoms with Crippen molar-refractivity contribution < 1.29 is 14.3 Å². The average molecular weight is 208 g/mol. The zero-order valence-electron chi connectivity index (χ0n) is 7.83. The van der Waals surface area contributed by atoms with Gasteiger partial charge in [-0.1, -0.05) is 0 Å². The molecule has 78 valence electrons. The van der Waals surface area contributed by atoms with Gasteiger partial charge in [-0.3, -0.25) is 4.79 Å². The van der Waals surface area contributed by atoms with Crippen molar-refractivity contribution in [3.8, 4) is 0 Å². The number of rotatable bonds is 3. The average Bonchev–Trinajstić information content (AvgIpc) is 2.56. The summed E-state index contributed by atoms with van der Waals surface area (Å²) in [7, 11) is 0. The third-order valence-corrected chi connectivity index (χ3v) is 2.07. The smallest absolute Gasteiger partial charge is 0.303 e. The molecular weight excluding hydrogens is 199 g/mol. The largest absolute Gasteiger partial charge is 0.481 e. The molecular formula is C10H9FN2O2. The number of carboxylic acid groups (broad SMARTS) is 1. The molecule has 4 nitrogen and oxygen atoms in total. The Morgan fingerprint density at radius 3 is 3.07 bits per heavy atom. The van der Waals surface area contributed by atoms with Gasteiger partial charge in [0.25, 0.3) is 0 Å². The number of fused-ring (bicyclic) bond motifs is 1. The van der Waals surface area contributed by atoms with Crippen LogP contribution in [0.2, 0.25) is 0 Å². The third kappa shape index (κ3) is 2.12. The first kappa shape index (κ1) is 9.64. The lowest BCUT2D eigenvalue weighted by atomic mass is 10.3. The number of aromatic amines is 1. The highest BCUT2D eigenvalue weighted by Crippen LogP contribution is 2.13. The summed E-state index contributed by atoms with van der Waals surface area (Å²) in [6.07, 6.45) is 0.341. The molecule has 0 saturated heterocycles. The van der Waals surface area contributed by atoms with Gasteiger partial charge in [0.15, 0.2) is 0 Å². The summed E-state index contributed by atoms with van der Waals surface area (Å²) in [5, 5.41) is 8.49. The molecule has 15 heavy (non-hydrogen) atoms. The summed E-state index contributed by atoms with van der Waals surface area (Å²) in [6, 6.07) is 4.22. The van der Waals surface area contributed by atoms with Gasteiger partial charge in [0.05, 0.1) is 17.5 Å². The van der Waals surface area contributed by atoms with E-state index in [2.05, 4.69) is 9.97 Å². The molecule has 0 aliphatic heterocycles. The molecule has 0 spiro atoms. The molecule has 2 rings (SSSR count). The molecule has 0 radical (unpaired) electrons. The molecule has 0 aliphatic rings. The normalized spacial score (nSPS) is 10.7. The number of hydrogen-bond donors (Lipinski definition) is 2. The van der Waals surface area contributed by atoms with Crippen LogP contribution in [0.25, 0.3) is 11.0 Å². The fourth-order valence-electron chi connectivity index (χ4n) is 1.38. The number of carboxylic acids is 1.